The van der Waals surface area contributed by atoms with E-state index in [1.54, 1.807) is 16.4 Å². The number of carbonyl (C=O) groups excluding carboxylic acids is 1. The van der Waals surface area contributed by atoms with Crippen molar-refractivity contribution in [3.8, 4) is 5.75 Å². The summed E-state index contributed by atoms with van der Waals surface area (Å²) in [7, 11) is -2.08. The van der Waals surface area contributed by atoms with E-state index in [4.69, 9.17) is 4.74 Å². The maximum absolute atomic E-state index is 13.1. The van der Waals surface area contributed by atoms with Crippen LogP contribution in [0.3, 0.4) is 0 Å². The van der Waals surface area contributed by atoms with Crippen LogP contribution in [0.5, 0.6) is 5.75 Å². The van der Waals surface area contributed by atoms with Gasteiger partial charge >= 0.3 is 0 Å². The number of amides is 1. The highest BCUT2D eigenvalue weighted by atomic mass is 32.2. The molecule has 0 bridgehead atoms. The predicted molar refractivity (Wildman–Crippen MR) is 118 cm³/mol. The van der Waals surface area contributed by atoms with Gasteiger partial charge in [-0.2, -0.15) is 4.31 Å². The molecule has 7 nitrogen and oxygen atoms in total. The third-order valence-electron chi connectivity index (χ3n) is 5.96. The van der Waals surface area contributed by atoms with Gasteiger partial charge in [-0.05, 0) is 49.3 Å². The molecule has 1 amide bonds. The molecule has 2 saturated heterocycles. The van der Waals surface area contributed by atoms with E-state index in [1.165, 1.54) is 19.6 Å². The summed E-state index contributed by atoms with van der Waals surface area (Å²) in [6.45, 7) is 7.60. The summed E-state index contributed by atoms with van der Waals surface area (Å²) in [6, 6.07) is 4.70. The van der Waals surface area contributed by atoms with Crippen LogP contribution in [0.1, 0.15) is 46.0 Å². The first-order valence-electron chi connectivity index (χ1n) is 11.0. The van der Waals surface area contributed by atoms with Crippen molar-refractivity contribution in [2.75, 3.05) is 45.2 Å². The predicted octanol–water partition coefficient (Wildman–Crippen LogP) is 3.18. The average Bonchev–Trinajstić information content (AvgIpc) is 2.97. The molecule has 0 aliphatic carbocycles. The van der Waals surface area contributed by atoms with E-state index in [0.29, 0.717) is 42.9 Å². The Kier molecular flexibility index (Phi) is 7.76. The van der Waals surface area contributed by atoms with E-state index in [-0.39, 0.29) is 10.8 Å². The summed E-state index contributed by atoms with van der Waals surface area (Å²) >= 11 is 0. The SMILES string of the molecule is COc1ccc(S(=O)(=O)N2CCCCCC2)cc1NC(=O)CN1CC(C)CC(C)C1. The number of piperidine rings is 1. The van der Waals surface area contributed by atoms with Crippen molar-refractivity contribution in [2.45, 2.75) is 50.8 Å². The fraction of sp³-hybridized carbons (Fsp3) is 0.682. The Morgan fingerprint density at radius 2 is 1.73 bits per heavy atom. The number of nitrogens with one attached hydrogen (secondary N) is 1. The molecule has 2 atom stereocenters. The molecule has 0 saturated carbocycles. The fourth-order valence-electron chi connectivity index (χ4n) is 4.69. The van der Waals surface area contributed by atoms with Crippen LogP contribution in [-0.4, -0.2) is 63.4 Å². The molecule has 168 valence electrons. The lowest BCUT2D eigenvalue weighted by atomic mass is 9.92. The summed E-state index contributed by atoms with van der Waals surface area (Å²) in [5.41, 5.74) is 0.400. The second-order valence-corrected chi connectivity index (χ2v) is 10.8. The van der Waals surface area contributed by atoms with Gasteiger partial charge in [0.2, 0.25) is 15.9 Å². The lowest BCUT2D eigenvalue weighted by Gasteiger charge is -2.34. The summed E-state index contributed by atoms with van der Waals surface area (Å²) in [5, 5.41) is 2.88. The summed E-state index contributed by atoms with van der Waals surface area (Å²) in [4.78, 5) is 15.1. The molecule has 2 unspecified atom stereocenters. The molecule has 30 heavy (non-hydrogen) atoms. The molecule has 2 aliphatic rings. The Morgan fingerprint density at radius 3 is 2.33 bits per heavy atom. The standard InChI is InChI=1S/C22H35N3O4S/c1-17-12-18(2)15-24(14-17)16-22(26)23-20-13-19(8-9-21(20)29-3)30(27,28)25-10-6-4-5-7-11-25/h8-9,13,17-18H,4-7,10-12,14-16H2,1-3H3,(H,23,26). The zero-order valence-corrected chi connectivity index (χ0v) is 19.2. The molecule has 1 aromatic rings. The summed E-state index contributed by atoms with van der Waals surface area (Å²) in [5.74, 6) is 1.44. The molecule has 0 aromatic heterocycles. The zero-order chi connectivity index (χ0) is 21.7. The first-order chi connectivity index (χ1) is 14.3. The number of carbonyl (C=O) groups is 1. The molecule has 2 aliphatic heterocycles. The van der Waals surface area contributed by atoms with E-state index >= 15 is 0 Å². The zero-order valence-electron chi connectivity index (χ0n) is 18.4. The topological polar surface area (TPSA) is 79.0 Å². The van der Waals surface area contributed by atoms with E-state index < -0.39 is 10.0 Å². The number of rotatable bonds is 6. The van der Waals surface area contributed by atoms with Crippen molar-refractivity contribution in [3.05, 3.63) is 18.2 Å². The van der Waals surface area contributed by atoms with Crippen LogP contribution >= 0.6 is 0 Å². The van der Waals surface area contributed by atoms with Gasteiger partial charge < -0.3 is 10.1 Å². The van der Waals surface area contributed by atoms with Gasteiger partial charge in [0.15, 0.2) is 0 Å². The van der Waals surface area contributed by atoms with Gasteiger partial charge in [-0.15, -0.1) is 0 Å². The van der Waals surface area contributed by atoms with Gasteiger partial charge in [0.25, 0.3) is 0 Å². The Morgan fingerprint density at radius 1 is 1.10 bits per heavy atom. The largest absolute Gasteiger partial charge is 0.495 e. The minimum absolute atomic E-state index is 0.154. The monoisotopic (exact) mass is 437 g/mol. The minimum Gasteiger partial charge on any atom is -0.495 e. The lowest BCUT2D eigenvalue weighted by molar-refractivity contribution is -0.117. The lowest BCUT2D eigenvalue weighted by Crippen LogP contribution is -2.42. The fourth-order valence-corrected chi connectivity index (χ4v) is 6.23. The molecule has 0 radical (unpaired) electrons. The molecular weight excluding hydrogens is 402 g/mol. The van der Waals surface area contributed by atoms with E-state index in [1.807, 2.05) is 0 Å². The van der Waals surface area contributed by atoms with Crippen LogP contribution in [0.4, 0.5) is 5.69 Å². The number of benzene rings is 1. The highest BCUT2D eigenvalue weighted by molar-refractivity contribution is 7.89. The number of ether oxygens (including phenoxy) is 1. The van der Waals surface area contributed by atoms with Crippen LogP contribution in [0.2, 0.25) is 0 Å². The van der Waals surface area contributed by atoms with E-state index in [0.717, 1.165) is 38.8 Å². The molecule has 2 heterocycles. The van der Waals surface area contributed by atoms with Crippen LogP contribution in [-0.2, 0) is 14.8 Å². The average molecular weight is 438 g/mol. The highest BCUT2D eigenvalue weighted by Crippen LogP contribution is 2.30. The number of sulfonamides is 1. The molecule has 8 heteroatoms. The van der Waals surface area contributed by atoms with Crippen LogP contribution in [0.25, 0.3) is 0 Å². The van der Waals surface area contributed by atoms with Crippen molar-refractivity contribution >= 4 is 21.6 Å². The Balaban J connectivity index is 1.75. The minimum atomic E-state index is -3.59. The van der Waals surface area contributed by atoms with Crippen molar-refractivity contribution in [3.63, 3.8) is 0 Å². The van der Waals surface area contributed by atoms with Gasteiger partial charge in [0.05, 0.1) is 24.2 Å². The molecule has 1 aromatic carbocycles. The van der Waals surface area contributed by atoms with Crippen LogP contribution < -0.4 is 10.1 Å². The first kappa shape index (κ1) is 23.0. The normalized spacial score (nSPS) is 24.2. The van der Waals surface area contributed by atoms with Crippen molar-refractivity contribution in [1.29, 1.82) is 0 Å². The van der Waals surface area contributed by atoms with E-state index in [9.17, 15) is 13.2 Å². The second kappa shape index (κ2) is 10.1. The van der Waals surface area contributed by atoms with Crippen LogP contribution in [0.15, 0.2) is 23.1 Å². The first-order valence-corrected chi connectivity index (χ1v) is 12.4. The Bertz CT molecular complexity index is 825. The van der Waals surface area contributed by atoms with Gasteiger partial charge in [0.1, 0.15) is 5.75 Å². The number of likely N-dealkylation sites (tertiary alicyclic amines) is 1. The number of anilines is 1. The second-order valence-electron chi connectivity index (χ2n) is 8.87. The number of methoxy groups -OCH3 is 1. The number of nitrogens with zero attached hydrogens (tertiary/aromatic N) is 2. The molecule has 1 N–H and O–H groups in total. The summed E-state index contributed by atoms with van der Waals surface area (Å²) in [6.07, 6.45) is 5.06. The van der Waals surface area contributed by atoms with Gasteiger partial charge in [-0.25, -0.2) is 8.42 Å². The van der Waals surface area contributed by atoms with E-state index in [2.05, 4.69) is 24.1 Å². The highest BCUT2D eigenvalue weighted by Gasteiger charge is 2.27. The molecular formula is C22H35N3O4S. The Hall–Kier alpha value is -1.64. The summed E-state index contributed by atoms with van der Waals surface area (Å²) < 4.78 is 33.2. The van der Waals surface area contributed by atoms with Crippen molar-refractivity contribution in [1.82, 2.24) is 9.21 Å². The third kappa shape index (κ3) is 5.74. The molecule has 3 rings (SSSR count). The van der Waals surface area contributed by atoms with Crippen LogP contribution in [0, 0.1) is 11.8 Å². The maximum atomic E-state index is 13.1. The maximum Gasteiger partial charge on any atom is 0.243 e. The van der Waals surface area contributed by atoms with Gasteiger partial charge in [-0.3, -0.25) is 9.69 Å². The third-order valence-corrected chi connectivity index (χ3v) is 7.85. The quantitative estimate of drug-likeness (QED) is 0.740. The van der Waals surface area contributed by atoms with Crippen molar-refractivity contribution in [2.24, 2.45) is 11.8 Å². The number of hydrogen-bond acceptors (Lipinski definition) is 5. The van der Waals surface area contributed by atoms with Gasteiger partial charge in [-0.1, -0.05) is 26.7 Å². The smallest absolute Gasteiger partial charge is 0.243 e. The molecule has 0 spiro atoms. The number of hydrogen-bond donors (Lipinski definition) is 1. The van der Waals surface area contributed by atoms with Crippen molar-refractivity contribution < 1.29 is 17.9 Å². The Labute approximate surface area is 180 Å². The molecule has 2 fully saturated rings. The van der Waals surface area contributed by atoms with Gasteiger partial charge in [0, 0.05) is 26.2 Å².